The normalized spacial score (nSPS) is 12.1. The van der Waals surface area contributed by atoms with Crippen molar-refractivity contribution in [2.75, 3.05) is 12.4 Å². The average Bonchev–Trinajstić information content (AvgIpc) is 2.72. The highest BCUT2D eigenvalue weighted by Gasteiger charge is 2.31. The number of carbonyl (C=O) groups is 1. The molecule has 0 saturated heterocycles. The molecule has 4 nitrogen and oxygen atoms in total. The van der Waals surface area contributed by atoms with Crippen LogP contribution in [0.1, 0.15) is 17.2 Å². The first-order chi connectivity index (χ1) is 13.9. The Bertz CT molecular complexity index is 974. The molecule has 7 heteroatoms. The number of alkyl halides is 3. The third-order valence-corrected chi connectivity index (χ3v) is 4.09. The minimum atomic E-state index is -4.50. The van der Waals surface area contributed by atoms with Crippen molar-refractivity contribution in [1.82, 2.24) is 0 Å². The van der Waals surface area contributed by atoms with E-state index in [-0.39, 0.29) is 5.69 Å². The fourth-order valence-corrected chi connectivity index (χ4v) is 2.69. The van der Waals surface area contributed by atoms with E-state index >= 15 is 0 Å². The van der Waals surface area contributed by atoms with Crippen LogP contribution < -0.4 is 14.8 Å². The zero-order chi connectivity index (χ0) is 20.9. The number of anilines is 1. The fourth-order valence-electron chi connectivity index (χ4n) is 2.69. The maximum atomic E-state index is 12.9. The van der Waals surface area contributed by atoms with E-state index in [4.69, 9.17) is 9.47 Å². The van der Waals surface area contributed by atoms with Crippen molar-refractivity contribution in [3.05, 3.63) is 90.0 Å². The van der Waals surface area contributed by atoms with Gasteiger partial charge in [0.2, 0.25) is 6.10 Å². The molecule has 150 valence electrons. The molecular formula is C22H18F3NO3. The maximum absolute atomic E-state index is 12.9. The molecule has 0 heterocycles. The molecule has 0 aliphatic rings. The summed E-state index contributed by atoms with van der Waals surface area (Å²) in [5.41, 5.74) is -0.264. The highest BCUT2D eigenvalue weighted by atomic mass is 19.4. The van der Waals surface area contributed by atoms with E-state index in [1.165, 1.54) is 19.2 Å². The standard InChI is InChI=1S/C22H18F3NO3/c1-28-18-11-6-12-19(14-18)29-20(15-7-3-2-4-8-15)21(27)26-17-10-5-9-16(13-17)22(23,24)25/h2-14,20H,1H3,(H,26,27)/t20-/m0/s1. The van der Waals surface area contributed by atoms with Crippen LogP contribution in [0.4, 0.5) is 18.9 Å². The quantitative estimate of drug-likeness (QED) is 0.596. The van der Waals surface area contributed by atoms with E-state index in [1.54, 1.807) is 54.6 Å². The Labute approximate surface area is 165 Å². The van der Waals surface area contributed by atoms with Crippen LogP contribution >= 0.6 is 0 Å². The zero-order valence-electron chi connectivity index (χ0n) is 15.4. The predicted octanol–water partition coefficient (Wildman–Crippen LogP) is 5.47. The van der Waals surface area contributed by atoms with Crippen molar-refractivity contribution < 1.29 is 27.4 Å². The number of amides is 1. The lowest BCUT2D eigenvalue weighted by molar-refractivity contribution is -0.137. The summed E-state index contributed by atoms with van der Waals surface area (Å²) in [4.78, 5) is 12.9. The largest absolute Gasteiger partial charge is 0.497 e. The van der Waals surface area contributed by atoms with Crippen LogP contribution in [-0.4, -0.2) is 13.0 Å². The Balaban J connectivity index is 1.87. The molecule has 0 aliphatic heterocycles. The minimum absolute atomic E-state index is 0.0278. The first kappa shape index (κ1) is 20.3. The summed E-state index contributed by atoms with van der Waals surface area (Å²) in [6, 6.07) is 19.9. The molecule has 0 spiro atoms. The predicted molar refractivity (Wildman–Crippen MR) is 103 cm³/mol. The lowest BCUT2D eigenvalue weighted by atomic mass is 10.1. The summed E-state index contributed by atoms with van der Waals surface area (Å²) in [5.74, 6) is 0.336. The van der Waals surface area contributed by atoms with Crippen molar-refractivity contribution in [3.8, 4) is 11.5 Å². The second-order valence-electron chi connectivity index (χ2n) is 6.16. The molecular weight excluding hydrogens is 383 g/mol. The van der Waals surface area contributed by atoms with Gasteiger partial charge in [-0.15, -0.1) is 0 Å². The minimum Gasteiger partial charge on any atom is -0.497 e. The van der Waals surface area contributed by atoms with Crippen molar-refractivity contribution in [1.29, 1.82) is 0 Å². The van der Waals surface area contributed by atoms with Crippen LogP contribution in [0.2, 0.25) is 0 Å². The summed E-state index contributed by atoms with van der Waals surface area (Å²) >= 11 is 0. The Morgan fingerprint density at radius 3 is 2.28 bits per heavy atom. The summed E-state index contributed by atoms with van der Waals surface area (Å²) in [6.07, 6.45) is -5.57. The summed E-state index contributed by atoms with van der Waals surface area (Å²) in [6.45, 7) is 0. The molecule has 0 aromatic heterocycles. The Morgan fingerprint density at radius 2 is 1.59 bits per heavy atom. The molecule has 1 N–H and O–H groups in total. The molecule has 0 saturated carbocycles. The van der Waals surface area contributed by atoms with Crippen LogP contribution in [0.5, 0.6) is 11.5 Å². The number of ether oxygens (including phenoxy) is 2. The number of nitrogens with one attached hydrogen (secondary N) is 1. The van der Waals surface area contributed by atoms with Gasteiger partial charge in [0.15, 0.2) is 0 Å². The molecule has 0 bridgehead atoms. The monoisotopic (exact) mass is 401 g/mol. The van der Waals surface area contributed by atoms with Gasteiger partial charge in [0, 0.05) is 17.3 Å². The molecule has 3 aromatic carbocycles. The van der Waals surface area contributed by atoms with Gasteiger partial charge in [0.25, 0.3) is 5.91 Å². The smallest absolute Gasteiger partial charge is 0.416 e. The van der Waals surface area contributed by atoms with E-state index < -0.39 is 23.8 Å². The number of halogens is 3. The van der Waals surface area contributed by atoms with Crippen LogP contribution in [-0.2, 0) is 11.0 Å². The van der Waals surface area contributed by atoms with Crippen LogP contribution in [0.25, 0.3) is 0 Å². The van der Waals surface area contributed by atoms with Gasteiger partial charge < -0.3 is 14.8 Å². The van der Waals surface area contributed by atoms with Gasteiger partial charge in [-0.25, -0.2) is 0 Å². The first-order valence-electron chi connectivity index (χ1n) is 8.70. The van der Waals surface area contributed by atoms with Gasteiger partial charge in [-0.05, 0) is 30.3 Å². The first-order valence-corrected chi connectivity index (χ1v) is 8.70. The SMILES string of the molecule is COc1cccc(O[C@H](C(=O)Nc2cccc(C(F)(F)F)c2)c2ccccc2)c1. The number of hydrogen-bond acceptors (Lipinski definition) is 3. The van der Waals surface area contributed by atoms with E-state index in [2.05, 4.69) is 5.32 Å². The van der Waals surface area contributed by atoms with Gasteiger partial charge in [0.1, 0.15) is 11.5 Å². The van der Waals surface area contributed by atoms with Crippen molar-refractivity contribution in [2.45, 2.75) is 12.3 Å². The molecule has 29 heavy (non-hydrogen) atoms. The van der Waals surface area contributed by atoms with Gasteiger partial charge in [-0.3, -0.25) is 4.79 Å². The molecule has 1 atom stereocenters. The van der Waals surface area contributed by atoms with Gasteiger partial charge in [0.05, 0.1) is 12.7 Å². The van der Waals surface area contributed by atoms with Crippen molar-refractivity contribution in [3.63, 3.8) is 0 Å². The lowest BCUT2D eigenvalue weighted by Crippen LogP contribution is -2.26. The number of carbonyl (C=O) groups excluding carboxylic acids is 1. The molecule has 0 aliphatic carbocycles. The molecule has 1 amide bonds. The Morgan fingerprint density at radius 1 is 0.897 bits per heavy atom. The second-order valence-corrected chi connectivity index (χ2v) is 6.16. The van der Waals surface area contributed by atoms with Crippen molar-refractivity contribution >= 4 is 11.6 Å². The number of methoxy groups -OCH3 is 1. The second kappa shape index (κ2) is 8.68. The van der Waals surface area contributed by atoms with Crippen molar-refractivity contribution in [2.24, 2.45) is 0 Å². The van der Waals surface area contributed by atoms with E-state index in [1.807, 2.05) is 0 Å². The molecule has 3 aromatic rings. The summed E-state index contributed by atoms with van der Waals surface area (Å²) in [7, 11) is 1.51. The Hall–Kier alpha value is -3.48. The summed E-state index contributed by atoms with van der Waals surface area (Å²) in [5, 5.41) is 2.51. The van der Waals surface area contributed by atoms with Crippen LogP contribution in [0.3, 0.4) is 0 Å². The van der Waals surface area contributed by atoms with E-state index in [9.17, 15) is 18.0 Å². The van der Waals surface area contributed by atoms with Gasteiger partial charge in [-0.1, -0.05) is 42.5 Å². The molecule has 0 fully saturated rings. The number of benzene rings is 3. The number of hydrogen-bond donors (Lipinski definition) is 1. The van der Waals surface area contributed by atoms with Gasteiger partial charge >= 0.3 is 6.18 Å². The lowest BCUT2D eigenvalue weighted by Gasteiger charge is -2.20. The molecule has 0 unspecified atom stereocenters. The Kier molecular flexibility index (Phi) is 6.07. The fraction of sp³-hybridized carbons (Fsp3) is 0.136. The number of rotatable bonds is 6. The zero-order valence-corrected chi connectivity index (χ0v) is 15.4. The van der Waals surface area contributed by atoms with E-state index in [0.29, 0.717) is 17.1 Å². The van der Waals surface area contributed by atoms with Crippen LogP contribution in [0, 0.1) is 0 Å². The topological polar surface area (TPSA) is 47.6 Å². The summed E-state index contributed by atoms with van der Waals surface area (Å²) < 4.78 is 49.8. The average molecular weight is 401 g/mol. The van der Waals surface area contributed by atoms with E-state index in [0.717, 1.165) is 12.1 Å². The molecule has 0 radical (unpaired) electrons. The third kappa shape index (κ3) is 5.28. The highest BCUT2D eigenvalue weighted by Crippen LogP contribution is 2.31. The molecule has 3 rings (SSSR count). The third-order valence-electron chi connectivity index (χ3n) is 4.09. The van der Waals surface area contributed by atoms with Crippen LogP contribution in [0.15, 0.2) is 78.9 Å². The van der Waals surface area contributed by atoms with Gasteiger partial charge in [-0.2, -0.15) is 13.2 Å². The highest BCUT2D eigenvalue weighted by molar-refractivity contribution is 5.95. The maximum Gasteiger partial charge on any atom is 0.416 e.